The van der Waals surface area contributed by atoms with Crippen LogP contribution in [0.3, 0.4) is 0 Å². The first-order chi connectivity index (χ1) is 10.1. The molecule has 0 saturated heterocycles. The van der Waals surface area contributed by atoms with Gasteiger partial charge in [-0.25, -0.2) is 4.79 Å². The molecule has 2 rings (SSSR count). The largest absolute Gasteiger partial charge is 0.478 e. The van der Waals surface area contributed by atoms with Crippen molar-refractivity contribution < 1.29 is 14.7 Å². The number of carbonyl (C=O) groups is 2. The Morgan fingerprint density at radius 1 is 1.38 bits per heavy atom. The smallest absolute Gasteiger partial charge is 0.328 e. The van der Waals surface area contributed by atoms with Crippen molar-refractivity contribution in [1.29, 1.82) is 0 Å². The predicted octanol–water partition coefficient (Wildman–Crippen LogP) is 2.21. The minimum Gasteiger partial charge on any atom is -0.478 e. The lowest BCUT2D eigenvalue weighted by Gasteiger charge is -2.04. The summed E-state index contributed by atoms with van der Waals surface area (Å²) in [4.78, 5) is 26.4. The molecule has 0 aliphatic carbocycles. The Bertz CT molecular complexity index is 651. The van der Waals surface area contributed by atoms with E-state index in [0.29, 0.717) is 17.7 Å². The zero-order valence-corrected chi connectivity index (χ0v) is 12.0. The van der Waals surface area contributed by atoms with E-state index in [1.807, 2.05) is 16.8 Å². The van der Waals surface area contributed by atoms with Gasteiger partial charge in [-0.05, 0) is 46.5 Å². The summed E-state index contributed by atoms with van der Waals surface area (Å²) in [5, 5.41) is 15.4. The van der Waals surface area contributed by atoms with E-state index in [0.717, 1.165) is 12.5 Å². The van der Waals surface area contributed by atoms with Crippen molar-refractivity contribution in [2.24, 2.45) is 0 Å². The van der Waals surface area contributed by atoms with Crippen molar-refractivity contribution in [3.8, 4) is 0 Å². The summed E-state index contributed by atoms with van der Waals surface area (Å²) in [6.45, 7) is 0.546. The Balaban J connectivity index is 1.92. The number of carboxylic acids is 1. The van der Waals surface area contributed by atoms with Gasteiger partial charge in [0.1, 0.15) is 0 Å². The molecular weight excluding hydrogens is 288 g/mol. The molecule has 0 radical (unpaired) electrons. The molecular formula is C15H14N2O3S. The summed E-state index contributed by atoms with van der Waals surface area (Å²) in [5.74, 6) is -1.26. The second-order valence-corrected chi connectivity index (χ2v) is 5.10. The van der Waals surface area contributed by atoms with E-state index >= 15 is 0 Å². The summed E-state index contributed by atoms with van der Waals surface area (Å²) >= 11 is 1.63. The highest BCUT2D eigenvalue weighted by Crippen LogP contribution is 2.07. The van der Waals surface area contributed by atoms with Crippen LogP contribution in [0.1, 0.15) is 21.5 Å². The van der Waals surface area contributed by atoms with Gasteiger partial charge in [0.2, 0.25) is 0 Å². The average Bonchev–Trinajstić information content (AvgIpc) is 2.98. The Kier molecular flexibility index (Phi) is 5.22. The van der Waals surface area contributed by atoms with Crippen molar-refractivity contribution in [2.45, 2.75) is 6.42 Å². The molecule has 0 spiro atoms. The summed E-state index contributed by atoms with van der Waals surface area (Å²) in [5.41, 5.74) is 2.17. The van der Waals surface area contributed by atoms with E-state index in [1.54, 1.807) is 17.4 Å². The molecule has 2 aromatic rings. The lowest BCUT2D eigenvalue weighted by Crippen LogP contribution is -2.25. The van der Waals surface area contributed by atoms with E-state index in [2.05, 4.69) is 10.3 Å². The maximum Gasteiger partial charge on any atom is 0.328 e. The topological polar surface area (TPSA) is 79.3 Å². The highest BCUT2D eigenvalue weighted by molar-refractivity contribution is 7.07. The highest BCUT2D eigenvalue weighted by atomic mass is 32.1. The van der Waals surface area contributed by atoms with E-state index < -0.39 is 5.97 Å². The van der Waals surface area contributed by atoms with Crippen LogP contribution in [0, 0.1) is 0 Å². The fraction of sp³-hybridized carbons (Fsp3) is 0.133. The van der Waals surface area contributed by atoms with Crippen LogP contribution in [-0.4, -0.2) is 28.5 Å². The molecule has 2 aromatic heterocycles. The standard InChI is InChI=1S/C15H14N2O3S/c18-14(19)2-1-12-7-13(9-16-8-12)15(20)17-5-3-11-4-6-21-10-11/h1-2,4,6-10H,3,5H2,(H,17,20)(H,18,19). The average molecular weight is 302 g/mol. The molecule has 0 atom stereocenters. The second kappa shape index (κ2) is 7.35. The Morgan fingerprint density at radius 3 is 2.95 bits per heavy atom. The normalized spacial score (nSPS) is 10.7. The first-order valence-corrected chi connectivity index (χ1v) is 7.25. The number of carbonyl (C=O) groups excluding carboxylic acids is 1. The molecule has 5 nitrogen and oxygen atoms in total. The molecule has 2 N–H and O–H groups in total. The number of nitrogens with one attached hydrogen (secondary N) is 1. The summed E-state index contributed by atoms with van der Waals surface area (Å²) in [6, 6.07) is 3.63. The molecule has 2 heterocycles. The Hall–Kier alpha value is -2.47. The van der Waals surface area contributed by atoms with Gasteiger partial charge in [0.15, 0.2) is 0 Å². The van der Waals surface area contributed by atoms with Crippen molar-refractivity contribution >= 4 is 29.3 Å². The summed E-state index contributed by atoms with van der Waals surface area (Å²) in [6.07, 6.45) is 6.15. The molecule has 0 saturated carbocycles. The van der Waals surface area contributed by atoms with Gasteiger partial charge in [-0.1, -0.05) is 0 Å². The third-order valence-corrected chi connectivity index (χ3v) is 3.45. The van der Waals surface area contributed by atoms with E-state index in [9.17, 15) is 9.59 Å². The fourth-order valence-electron chi connectivity index (χ4n) is 1.70. The molecule has 0 aliphatic heterocycles. The molecule has 0 unspecified atom stereocenters. The minimum absolute atomic E-state index is 0.219. The number of hydrogen-bond acceptors (Lipinski definition) is 4. The van der Waals surface area contributed by atoms with Gasteiger partial charge in [0.25, 0.3) is 5.91 Å². The molecule has 108 valence electrons. The minimum atomic E-state index is -1.04. The van der Waals surface area contributed by atoms with Crippen LogP contribution in [0.4, 0.5) is 0 Å². The monoisotopic (exact) mass is 302 g/mol. The molecule has 0 aromatic carbocycles. The van der Waals surface area contributed by atoms with Gasteiger partial charge in [0, 0.05) is 25.0 Å². The van der Waals surface area contributed by atoms with Crippen molar-refractivity contribution in [3.63, 3.8) is 0 Å². The SMILES string of the molecule is O=C(O)C=Cc1cncc(C(=O)NCCc2ccsc2)c1. The first kappa shape index (κ1) is 14.9. The van der Waals surface area contributed by atoms with Crippen molar-refractivity contribution in [2.75, 3.05) is 6.54 Å². The Morgan fingerprint density at radius 2 is 2.24 bits per heavy atom. The Labute approximate surface area is 126 Å². The van der Waals surface area contributed by atoms with Crippen LogP contribution in [0.5, 0.6) is 0 Å². The molecule has 0 aliphatic rings. The number of hydrogen-bond donors (Lipinski definition) is 2. The fourth-order valence-corrected chi connectivity index (χ4v) is 2.40. The van der Waals surface area contributed by atoms with Crippen molar-refractivity contribution in [1.82, 2.24) is 10.3 Å². The zero-order valence-electron chi connectivity index (χ0n) is 11.2. The quantitative estimate of drug-likeness (QED) is 0.802. The number of thiophene rings is 1. The van der Waals surface area contributed by atoms with Gasteiger partial charge in [-0.3, -0.25) is 9.78 Å². The number of pyridine rings is 1. The van der Waals surface area contributed by atoms with Gasteiger partial charge in [-0.2, -0.15) is 11.3 Å². The van der Waals surface area contributed by atoms with E-state index in [4.69, 9.17) is 5.11 Å². The number of carboxylic acid groups (broad SMARTS) is 1. The van der Waals surface area contributed by atoms with Gasteiger partial charge >= 0.3 is 5.97 Å². The number of nitrogens with zero attached hydrogens (tertiary/aromatic N) is 1. The van der Waals surface area contributed by atoms with Crippen LogP contribution >= 0.6 is 11.3 Å². The maximum atomic E-state index is 12.0. The lowest BCUT2D eigenvalue weighted by atomic mass is 10.2. The van der Waals surface area contributed by atoms with Gasteiger partial charge in [0.05, 0.1) is 5.56 Å². The lowest BCUT2D eigenvalue weighted by molar-refractivity contribution is -0.131. The first-order valence-electron chi connectivity index (χ1n) is 6.30. The second-order valence-electron chi connectivity index (χ2n) is 4.32. The third-order valence-electron chi connectivity index (χ3n) is 2.72. The molecule has 6 heteroatoms. The van der Waals surface area contributed by atoms with Gasteiger partial charge in [-0.15, -0.1) is 0 Å². The van der Waals surface area contributed by atoms with Crippen molar-refractivity contribution in [3.05, 3.63) is 58.1 Å². The van der Waals surface area contributed by atoms with Crippen LogP contribution in [0.15, 0.2) is 41.4 Å². The third kappa shape index (κ3) is 4.85. The van der Waals surface area contributed by atoms with Crippen LogP contribution in [0.2, 0.25) is 0 Å². The number of aromatic nitrogens is 1. The molecule has 0 fully saturated rings. The maximum absolute atomic E-state index is 12.0. The van der Waals surface area contributed by atoms with E-state index in [-0.39, 0.29) is 5.91 Å². The number of rotatable bonds is 6. The predicted molar refractivity (Wildman–Crippen MR) is 81.3 cm³/mol. The van der Waals surface area contributed by atoms with Crippen LogP contribution in [-0.2, 0) is 11.2 Å². The number of aliphatic carboxylic acids is 1. The van der Waals surface area contributed by atoms with E-state index in [1.165, 1.54) is 24.0 Å². The summed E-state index contributed by atoms with van der Waals surface area (Å²) in [7, 11) is 0. The van der Waals surface area contributed by atoms with Gasteiger partial charge < -0.3 is 10.4 Å². The molecule has 0 bridgehead atoms. The summed E-state index contributed by atoms with van der Waals surface area (Å²) < 4.78 is 0. The molecule has 1 amide bonds. The molecule has 21 heavy (non-hydrogen) atoms. The highest BCUT2D eigenvalue weighted by Gasteiger charge is 2.06. The zero-order chi connectivity index (χ0) is 15.1. The van der Waals surface area contributed by atoms with Crippen LogP contribution in [0.25, 0.3) is 6.08 Å². The van der Waals surface area contributed by atoms with Crippen LogP contribution < -0.4 is 5.32 Å². The number of amides is 1.